The van der Waals surface area contributed by atoms with Gasteiger partial charge in [0.05, 0.1) is 6.67 Å². The molecule has 0 aromatic heterocycles. The summed E-state index contributed by atoms with van der Waals surface area (Å²) in [4.78, 5) is 0. The molecule has 0 aliphatic heterocycles. The van der Waals surface area contributed by atoms with Gasteiger partial charge in [-0.25, -0.2) is 4.39 Å². The van der Waals surface area contributed by atoms with Crippen LogP contribution in [0.5, 0.6) is 0 Å². The van der Waals surface area contributed by atoms with Crippen LogP contribution in [0.1, 0.15) is 94.1 Å². The first-order valence-corrected chi connectivity index (χ1v) is 11.0. The standard InChI is InChI=1S/C24H36F2/c1-18-6-9-23(17-24(18)26)22-14-12-21(13-15-22)20-10-7-19(8-11-20)5-3-2-4-16-25/h6,9,17,19-22H,2-5,7-8,10-16H2,1H3. The molecule has 1 aromatic carbocycles. The quantitative estimate of drug-likeness (QED) is 0.435. The predicted molar refractivity (Wildman–Crippen MR) is 106 cm³/mol. The van der Waals surface area contributed by atoms with Crippen LogP contribution in [-0.4, -0.2) is 6.67 Å². The van der Waals surface area contributed by atoms with Gasteiger partial charge < -0.3 is 0 Å². The Morgan fingerprint density at radius 3 is 2.12 bits per heavy atom. The highest BCUT2D eigenvalue weighted by Crippen LogP contribution is 2.44. The zero-order chi connectivity index (χ0) is 18.4. The van der Waals surface area contributed by atoms with Crippen molar-refractivity contribution in [2.45, 2.75) is 89.9 Å². The van der Waals surface area contributed by atoms with E-state index in [4.69, 9.17) is 0 Å². The molecule has 0 amide bonds. The molecule has 0 atom stereocenters. The highest BCUT2D eigenvalue weighted by molar-refractivity contribution is 5.26. The summed E-state index contributed by atoms with van der Waals surface area (Å²) in [6.07, 6.45) is 15.1. The molecule has 2 aliphatic carbocycles. The minimum Gasteiger partial charge on any atom is -0.251 e. The van der Waals surface area contributed by atoms with E-state index in [0.29, 0.717) is 5.92 Å². The lowest BCUT2D eigenvalue weighted by atomic mass is 9.68. The molecule has 0 nitrogen and oxygen atoms in total. The van der Waals surface area contributed by atoms with E-state index in [1.54, 1.807) is 6.07 Å². The van der Waals surface area contributed by atoms with Gasteiger partial charge in [0, 0.05) is 0 Å². The molecule has 0 radical (unpaired) electrons. The third-order valence-corrected chi connectivity index (χ3v) is 7.24. The lowest BCUT2D eigenvalue weighted by Crippen LogP contribution is -2.25. The molecule has 1 aromatic rings. The van der Waals surface area contributed by atoms with E-state index in [-0.39, 0.29) is 12.5 Å². The number of hydrogen-bond acceptors (Lipinski definition) is 0. The Balaban J connectivity index is 1.39. The maximum Gasteiger partial charge on any atom is 0.126 e. The summed E-state index contributed by atoms with van der Waals surface area (Å²) in [6.45, 7) is 1.69. The molecule has 2 heteroatoms. The highest BCUT2D eigenvalue weighted by Gasteiger charge is 2.31. The first-order chi connectivity index (χ1) is 12.7. The minimum absolute atomic E-state index is 0.0468. The van der Waals surface area contributed by atoms with Crippen molar-refractivity contribution in [3.05, 3.63) is 35.1 Å². The van der Waals surface area contributed by atoms with Crippen molar-refractivity contribution in [1.82, 2.24) is 0 Å². The normalized spacial score (nSPS) is 29.7. The van der Waals surface area contributed by atoms with Crippen molar-refractivity contribution in [1.29, 1.82) is 0 Å². The summed E-state index contributed by atoms with van der Waals surface area (Å²) in [7, 11) is 0. The molecule has 0 spiro atoms. The molecule has 0 bridgehead atoms. The molecular formula is C24H36F2. The second-order valence-corrected chi connectivity index (χ2v) is 8.94. The Kier molecular flexibility index (Phi) is 7.52. The first-order valence-electron chi connectivity index (χ1n) is 11.0. The van der Waals surface area contributed by atoms with Crippen LogP contribution in [0, 0.1) is 30.5 Å². The second-order valence-electron chi connectivity index (χ2n) is 8.94. The predicted octanol–water partition coefficient (Wildman–Crippen LogP) is 7.74. The number of aryl methyl sites for hydroxylation is 1. The fourth-order valence-corrected chi connectivity index (χ4v) is 5.44. The fraction of sp³-hybridized carbons (Fsp3) is 0.750. The van der Waals surface area contributed by atoms with Gasteiger partial charge in [-0.15, -0.1) is 0 Å². The van der Waals surface area contributed by atoms with E-state index in [2.05, 4.69) is 6.07 Å². The Morgan fingerprint density at radius 1 is 0.846 bits per heavy atom. The van der Waals surface area contributed by atoms with Gasteiger partial charge in [0.2, 0.25) is 0 Å². The summed E-state index contributed by atoms with van der Waals surface area (Å²) in [5, 5.41) is 0. The Labute approximate surface area is 158 Å². The van der Waals surface area contributed by atoms with E-state index < -0.39 is 0 Å². The van der Waals surface area contributed by atoms with E-state index in [9.17, 15) is 8.78 Å². The van der Waals surface area contributed by atoms with Crippen molar-refractivity contribution < 1.29 is 8.78 Å². The molecule has 0 N–H and O–H groups in total. The van der Waals surface area contributed by atoms with Gasteiger partial charge in [0.15, 0.2) is 0 Å². The van der Waals surface area contributed by atoms with Crippen LogP contribution >= 0.6 is 0 Å². The van der Waals surface area contributed by atoms with Crippen molar-refractivity contribution >= 4 is 0 Å². The van der Waals surface area contributed by atoms with Crippen molar-refractivity contribution in [2.75, 3.05) is 6.67 Å². The second kappa shape index (κ2) is 9.85. The highest BCUT2D eigenvalue weighted by atomic mass is 19.1. The van der Waals surface area contributed by atoms with Crippen LogP contribution in [-0.2, 0) is 0 Å². The summed E-state index contributed by atoms with van der Waals surface area (Å²) in [5.74, 6) is 3.24. The topological polar surface area (TPSA) is 0 Å². The number of rotatable bonds is 7. The van der Waals surface area contributed by atoms with Crippen LogP contribution in [0.4, 0.5) is 8.78 Å². The first kappa shape index (κ1) is 19.8. The van der Waals surface area contributed by atoms with E-state index in [1.807, 2.05) is 13.0 Å². The summed E-state index contributed by atoms with van der Waals surface area (Å²) in [6, 6.07) is 5.84. The average molecular weight is 363 g/mol. The maximum atomic E-state index is 13.9. The van der Waals surface area contributed by atoms with Gasteiger partial charge in [-0.2, -0.15) is 0 Å². The van der Waals surface area contributed by atoms with Crippen LogP contribution < -0.4 is 0 Å². The number of halogens is 2. The number of unbranched alkanes of at least 4 members (excludes halogenated alkanes) is 2. The molecule has 146 valence electrons. The molecule has 2 fully saturated rings. The zero-order valence-corrected chi connectivity index (χ0v) is 16.5. The molecule has 2 saturated carbocycles. The lowest BCUT2D eigenvalue weighted by molar-refractivity contribution is 0.155. The van der Waals surface area contributed by atoms with Crippen LogP contribution in [0.2, 0.25) is 0 Å². The van der Waals surface area contributed by atoms with Gasteiger partial charge >= 0.3 is 0 Å². The van der Waals surface area contributed by atoms with Crippen LogP contribution in [0.3, 0.4) is 0 Å². The summed E-state index contributed by atoms with van der Waals surface area (Å²) >= 11 is 0. The number of hydrogen-bond donors (Lipinski definition) is 0. The molecule has 0 unspecified atom stereocenters. The molecule has 3 rings (SSSR count). The van der Waals surface area contributed by atoms with E-state index >= 15 is 0 Å². The smallest absolute Gasteiger partial charge is 0.126 e. The fourth-order valence-electron chi connectivity index (χ4n) is 5.44. The van der Waals surface area contributed by atoms with Crippen molar-refractivity contribution in [2.24, 2.45) is 17.8 Å². The van der Waals surface area contributed by atoms with Gasteiger partial charge in [0.1, 0.15) is 5.82 Å². The van der Waals surface area contributed by atoms with Crippen LogP contribution in [0.15, 0.2) is 18.2 Å². The van der Waals surface area contributed by atoms with Gasteiger partial charge in [-0.1, -0.05) is 44.2 Å². The third-order valence-electron chi connectivity index (χ3n) is 7.24. The Hall–Kier alpha value is -0.920. The number of benzene rings is 1. The van der Waals surface area contributed by atoms with Gasteiger partial charge in [-0.05, 0) is 92.7 Å². The maximum absolute atomic E-state index is 13.9. The molecule has 2 aliphatic rings. The molecule has 0 saturated heterocycles. The largest absolute Gasteiger partial charge is 0.251 e. The average Bonchev–Trinajstić information content (AvgIpc) is 2.68. The third kappa shape index (κ3) is 5.30. The number of alkyl halides is 1. The monoisotopic (exact) mass is 362 g/mol. The molecule has 0 heterocycles. The lowest BCUT2D eigenvalue weighted by Gasteiger charge is -2.38. The van der Waals surface area contributed by atoms with E-state index in [1.165, 1.54) is 69.8 Å². The zero-order valence-electron chi connectivity index (χ0n) is 16.5. The van der Waals surface area contributed by atoms with Gasteiger partial charge in [0.25, 0.3) is 0 Å². The Morgan fingerprint density at radius 2 is 1.50 bits per heavy atom. The molecule has 26 heavy (non-hydrogen) atoms. The Bertz CT molecular complexity index is 537. The minimum atomic E-state index is -0.148. The van der Waals surface area contributed by atoms with E-state index in [0.717, 1.165) is 36.2 Å². The SMILES string of the molecule is Cc1ccc(C2CCC(C3CCC(CCCCCF)CC3)CC2)cc1F. The summed E-state index contributed by atoms with van der Waals surface area (Å²) < 4.78 is 26.0. The van der Waals surface area contributed by atoms with Crippen molar-refractivity contribution in [3.8, 4) is 0 Å². The van der Waals surface area contributed by atoms with Crippen LogP contribution in [0.25, 0.3) is 0 Å². The van der Waals surface area contributed by atoms with Crippen molar-refractivity contribution in [3.63, 3.8) is 0 Å². The summed E-state index contributed by atoms with van der Waals surface area (Å²) in [5.41, 5.74) is 1.97. The van der Waals surface area contributed by atoms with Gasteiger partial charge in [-0.3, -0.25) is 4.39 Å². The molecular weight excluding hydrogens is 326 g/mol.